The summed E-state index contributed by atoms with van der Waals surface area (Å²) in [6.45, 7) is 2.79. The van der Waals surface area contributed by atoms with Gasteiger partial charge < -0.3 is 9.47 Å². The third kappa shape index (κ3) is 3.60. The molecule has 1 aliphatic rings. The lowest BCUT2D eigenvalue weighted by molar-refractivity contribution is -0.0367. The summed E-state index contributed by atoms with van der Waals surface area (Å²) >= 11 is 1.45. The predicted molar refractivity (Wildman–Crippen MR) is 99.5 cm³/mol. The highest BCUT2D eigenvalue weighted by Crippen LogP contribution is 2.37. The molecule has 1 aromatic heterocycles. The summed E-state index contributed by atoms with van der Waals surface area (Å²) in [4.78, 5) is 0.862. The van der Waals surface area contributed by atoms with Crippen LogP contribution in [0.4, 0.5) is 4.39 Å². The van der Waals surface area contributed by atoms with E-state index in [1.54, 1.807) is 6.07 Å². The number of rotatable bonds is 4. The molecule has 4 heteroatoms. The van der Waals surface area contributed by atoms with Crippen molar-refractivity contribution < 1.29 is 13.9 Å². The first-order chi connectivity index (χ1) is 12.2. The molecule has 1 atom stereocenters. The molecule has 0 saturated carbocycles. The quantitative estimate of drug-likeness (QED) is 0.568. The Bertz CT molecular complexity index is 864. The molecule has 2 aromatic carbocycles. The smallest absolute Gasteiger partial charge is 0.200 e. The van der Waals surface area contributed by atoms with Crippen molar-refractivity contribution >= 4 is 11.3 Å². The fourth-order valence-corrected chi connectivity index (χ4v) is 3.86. The van der Waals surface area contributed by atoms with Gasteiger partial charge in [-0.25, -0.2) is 4.39 Å². The van der Waals surface area contributed by atoms with Gasteiger partial charge in [0.05, 0.1) is 6.61 Å². The third-order valence-electron chi connectivity index (χ3n) is 4.34. The molecule has 1 fully saturated rings. The molecule has 0 radical (unpaired) electrons. The van der Waals surface area contributed by atoms with Crippen LogP contribution in [0.25, 0.3) is 21.6 Å². The van der Waals surface area contributed by atoms with Crippen molar-refractivity contribution in [2.24, 2.45) is 0 Å². The highest BCUT2D eigenvalue weighted by Gasteiger charge is 2.18. The van der Waals surface area contributed by atoms with Gasteiger partial charge in [-0.15, -0.1) is 0 Å². The van der Waals surface area contributed by atoms with Crippen LogP contribution in [0.3, 0.4) is 0 Å². The Morgan fingerprint density at radius 3 is 2.56 bits per heavy atom. The van der Waals surface area contributed by atoms with Crippen molar-refractivity contribution in [2.75, 3.05) is 6.61 Å². The maximum absolute atomic E-state index is 14.7. The average Bonchev–Trinajstić information content (AvgIpc) is 3.28. The topological polar surface area (TPSA) is 18.5 Å². The lowest BCUT2D eigenvalue weighted by Crippen LogP contribution is -2.12. The molecule has 25 heavy (non-hydrogen) atoms. The second kappa shape index (κ2) is 6.98. The monoisotopic (exact) mass is 354 g/mol. The summed E-state index contributed by atoms with van der Waals surface area (Å²) in [5.41, 5.74) is 3.69. The Morgan fingerprint density at radius 2 is 1.84 bits per heavy atom. The van der Waals surface area contributed by atoms with E-state index < -0.39 is 0 Å². The standard InChI is InChI=1S/C21H19FO2S/c1-14-4-6-15(7-5-14)16-8-9-17(18(22)13-16)19-10-11-21(25-19)24-20-3-2-12-23-20/h4-11,13,20H,2-3,12H2,1H3. The zero-order chi connectivity index (χ0) is 17.2. The van der Waals surface area contributed by atoms with Gasteiger partial charge in [0.25, 0.3) is 0 Å². The number of ether oxygens (including phenoxy) is 2. The Balaban J connectivity index is 1.56. The van der Waals surface area contributed by atoms with Gasteiger partial charge in [0, 0.05) is 16.9 Å². The zero-order valence-corrected chi connectivity index (χ0v) is 14.8. The minimum Gasteiger partial charge on any atom is -0.455 e. The van der Waals surface area contributed by atoms with Gasteiger partial charge in [0.1, 0.15) is 5.82 Å². The fraction of sp³-hybridized carbons (Fsp3) is 0.238. The molecule has 1 aliphatic heterocycles. The molecule has 0 bridgehead atoms. The van der Waals surface area contributed by atoms with Crippen LogP contribution in [0.2, 0.25) is 0 Å². The SMILES string of the molecule is Cc1ccc(-c2ccc(-c3ccc(OC4CCCO4)s3)c(F)c2)cc1. The number of benzene rings is 2. The van der Waals surface area contributed by atoms with Crippen molar-refractivity contribution in [3.8, 4) is 26.6 Å². The Morgan fingerprint density at radius 1 is 1.04 bits per heavy atom. The van der Waals surface area contributed by atoms with Crippen LogP contribution in [0.5, 0.6) is 5.06 Å². The predicted octanol–water partition coefficient (Wildman–Crippen LogP) is 6.04. The van der Waals surface area contributed by atoms with E-state index in [-0.39, 0.29) is 12.1 Å². The van der Waals surface area contributed by atoms with E-state index in [4.69, 9.17) is 9.47 Å². The lowest BCUT2D eigenvalue weighted by atomic mass is 10.0. The average molecular weight is 354 g/mol. The summed E-state index contributed by atoms with van der Waals surface area (Å²) < 4.78 is 25.9. The van der Waals surface area contributed by atoms with Crippen LogP contribution in [0.15, 0.2) is 54.6 Å². The minimum absolute atomic E-state index is 0.166. The molecule has 2 nitrogen and oxygen atoms in total. The van der Waals surface area contributed by atoms with Crippen LogP contribution >= 0.6 is 11.3 Å². The summed E-state index contributed by atoms with van der Waals surface area (Å²) in [7, 11) is 0. The molecule has 128 valence electrons. The van der Waals surface area contributed by atoms with Gasteiger partial charge in [-0.05, 0) is 48.7 Å². The van der Waals surface area contributed by atoms with Crippen molar-refractivity contribution in [2.45, 2.75) is 26.1 Å². The number of halogens is 1. The maximum atomic E-state index is 14.7. The Labute approximate surface area is 150 Å². The summed E-state index contributed by atoms with van der Waals surface area (Å²) in [5.74, 6) is -0.219. The second-order valence-electron chi connectivity index (χ2n) is 6.24. The van der Waals surface area contributed by atoms with Crippen LogP contribution < -0.4 is 4.74 Å². The molecule has 0 N–H and O–H groups in total. The van der Waals surface area contributed by atoms with Crippen LogP contribution in [-0.4, -0.2) is 12.9 Å². The summed E-state index contributed by atoms with van der Waals surface area (Å²) in [6.07, 6.45) is 1.77. The normalized spacial score (nSPS) is 17.0. The van der Waals surface area contributed by atoms with E-state index >= 15 is 0 Å². The molecular weight excluding hydrogens is 335 g/mol. The fourth-order valence-electron chi connectivity index (χ4n) is 2.94. The Hall–Kier alpha value is -2.17. The van der Waals surface area contributed by atoms with Crippen molar-refractivity contribution in [1.29, 1.82) is 0 Å². The molecule has 1 saturated heterocycles. The van der Waals surface area contributed by atoms with Gasteiger partial charge in [0.15, 0.2) is 5.06 Å². The lowest BCUT2D eigenvalue weighted by Gasteiger charge is -2.10. The first kappa shape index (κ1) is 16.3. The largest absolute Gasteiger partial charge is 0.455 e. The number of thiophene rings is 1. The van der Waals surface area contributed by atoms with Crippen LogP contribution in [0.1, 0.15) is 18.4 Å². The number of hydrogen-bond acceptors (Lipinski definition) is 3. The van der Waals surface area contributed by atoms with E-state index in [2.05, 4.69) is 0 Å². The van der Waals surface area contributed by atoms with E-state index in [0.717, 1.165) is 40.5 Å². The van der Waals surface area contributed by atoms with Crippen LogP contribution in [0, 0.1) is 12.7 Å². The van der Waals surface area contributed by atoms with Crippen molar-refractivity contribution in [3.63, 3.8) is 0 Å². The highest BCUT2D eigenvalue weighted by atomic mass is 32.1. The minimum atomic E-state index is -0.219. The van der Waals surface area contributed by atoms with E-state index in [9.17, 15) is 4.39 Å². The number of hydrogen-bond donors (Lipinski definition) is 0. The van der Waals surface area contributed by atoms with Crippen molar-refractivity contribution in [3.05, 3.63) is 66.0 Å². The molecule has 0 spiro atoms. The van der Waals surface area contributed by atoms with Gasteiger partial charge in [-0.3, -0.25) is 0 Å². The molecule has 0 aliphatic carbocycles. The highest BCUT2D eigenvalue weighted by molar-refractivity contribution is 7.17. The maximum Gasteiger partial charge on any atom is 0.200 e. The van der Waals surface area contributed by atoms with Gasteiger partial charge >= 0.3 is 0 Å². The van der Waals surface area contributed by atoms with E-state index in [0.29, 0.717) is 5.56 Å². The summed E-state index contributed by atoms with van der Waals surface area (Å²) in [5, 5.41) is 0.768. The number of aryl methyl sites for hydroxylation is 1. The molecule has 4 rings (SSSR count). The molecular formula is C21H19FO2S. The second-order valence-corrected chi connectivity index (χ2v) is 7.29. The molecule has 1 unspecified atom stereocenters. The van der Waals surface area contributed by atoms with Gasteiger partial charge in [-0.2, -0.15) is 0 Å². The third-order valence-corrected chi connectivity index (χ3v) is 5.35. The van der Waals surface area contributed by atoms with E-state index in [1.807, 2.05) is 55.5 Å². The van der Waals surface area contributed by atoms with Crippen molar-refractivity contribution in [1.82, 2.24) is 0 Å². The van der Waals surface area contributed by atoms with E-state index in [1.165, 1.54) is 16.9 Å². The zero-order valence-electron chi connectivity index (χ0n) is 14.0. The van der Waals surface area contributed by atoms with Gasteiger partial charge in [0.2, 0.25) is 6.29 Å². The molecule has 2 heterocycles. The Kier molecular flexibility index (Phi) is 4.55. The van der Waals surface area contributed by atoms with Crippen LogP contribution in [-0.2, 0) is 4.74 Å². The molecule has 3 aromatic rings. The first-order valence-electron chi connectivity index (χ1n) is 8.44. The van der Waals surface area contributed by atoms with Gasteiger partial charge in [-0.1, -0.05) is 47.2 Å². The first-order valence-corrected chi connectivity index (χ1v) is 9.26. The summed E-state index contributed by atoms with van der Waals surface area (Å²) in [6, 6.07) is 17.3. The molecule has 0 amide bonds.